The highest BCUT2D eigenvalue weighted by molar-refractivity contribution is 7.17. The van der Waals surface area contributed by atoms with Crippen molar-refractivity contribution in [3.05, 3.63) is 75.6 Å². The van der Waals surface area contributed by atoms with E-state index in [0.29, 0.717) is 22.2 Å². The first-order chi connectivity index (χ1) is 15.5. The number of rotatable bonds is 5. The third-order valence-electron chi connectivity index (χ3n) is 5.83. The molecule has 0 amide bonds. The molecule has 1 fully saturated rings. The Morgan fingerprint density at radius 3 is 2.59 bits per heavy atom. The fraction of sp³-hybridized carbons (Fsp3) is 0.304. The summed E-state index contributed by atoms with van der Waals surface area (Å²) >= 11 is 7.58. The van der Waals surface area contributed by atoms with Crippen molar-refractivity contribution < 1.29 is 9.50 Å². The van der Waals surface area contributed by atoms with E-state index in [0.717, 1.165) is 42.3 Å². The zero-order valence-electron chi connectivity index (χ0n) is 17.6. The van der Waals surface area contributed by atoms with Gasteiger partial charge in [0.05, 0.1) is 10.9 Å². The Balaban J connectivity index is 1.48. The molecule has 0 spiro atoms. The summed E-state index contributed by atoms with van der Waals surface area (Å²) < 4.78 is 15.6. The van der Waals surface area contributed by atoms with Crippen LogP contribution in [0.25, 0.3) is 4.96 Å². The molecule has 0 saturated carbocycles. The van der Waals surface area contributed by atoms with Crippen molar-refractivity contribution >= 4 is 33.6 Å². The first-order valence-corrected chi connectivity index (χ1v) is 11.8. The van der Waals surface area contributed by atoms with Crippen LogP contribution >= 0.6 is 22.9 Å². The van der Waals surface area contributed by atoms with E-state index in [4.69, 9.17) is 11.6 Å². The van der Waals surface area contributed by atoms with Crippen molar-refractivity contribution in [3.8, 4) is 5.88 Å². The highest BCUT2D eigenvalue weighted by Crippen LogP contribution is 2.40. The van der Waals surface area contributed by atoms with Gasteiger partial charge in [0.25, 0.3) is 0 Å². The lowest BCUT2D eigenvalue weighted by molar-refractivity contribution is 0.211. The topological polar surface area (TPSA) is 56.9 Å². The normalized spacial score (nSPS) is 16.0. The molecule has 2 aromatic heterocycles. The Morgan fingerprint density at radius 1 is 1.12 bits per heavy atom. The van der Waals surface area contributed by atoms with Gasteiger partial charge in [0.15, 0.2) is 5.82 Å². The predicted octanol–water partition coefficient (Wildman–Crippen LogP) is 4.76. The molecular formula is C23H23ClFN5OS. The van der Waals surface area contributed by atoms with E-state index in [9.17, 15) is 9.50 Å². The highest BCUT2D eigenvalue weighted by atomic mass is 35.5. The molecule has 6 nitrogen and oxygen atoms in total. The standard InChI is InChI=1S/C23H23ClFN5OS/c1-2-19-26-23-30(27-19)22(31)21(32-23)20(15-5-3-7-17(25)13-15)29-11-9-28(10-12-29)18-8-4-6-16(24)14-18/h3-8,13-14,20,31H,2,9-12H2,1H3. The van der Waals surface area contributed by atoms with Crippen LogP contribution in [0.1, 0.15) is 29.2 Å². The van der Waals surface area contributed by atoms with Gasteiger partial charge < -0.3 is 10.0 Å². The summed E-state index contributed by atoms with van der Waals surface area (Å²) in [4.78, 5) is 10.5. The third kappa shape index (κ3) is 3.94. The summed E-state index contributed by atoms with van der Waals surface area (Å²) in [5, 5.41) is 16.1. The number of anilines is 1. The molecular weight excluding hydrogens is 449 g/mol. The quantitative estimate of drug-likeness (QED) is 0.454. The van der Waals surface area contributed by atoms with Crippen LogP contribution in [-0.4, -0.2) is 50.8 Å². The van der Waals surface area contributed by atoms with Crippen LogP contribution < -0.4 is 4.90 Å². The van der Waals surface area contributed by atoms with Crippen molar-refractivity contribution in [3.63, 3.8) is 0 Å². The van der Waals surface area contributed by atoms with Crippen molar-refractivity contribution in [1.29, 1.82) is 0 Å². The van der Waals surface area contributed by atoms with E-state index in [2.05, 4.69) is 25.9 Å². The van der Waals surface area contributed by atoms with Gasteiger partial charge in [-0.1, -0.05) is 48.1 Å². The number of nitrogens with zero attached hydrogens (tertiary/aromatic N) is 5. The summed E-state index contributed by atoms with van der Waals surface area (Å²) in [5.41, 5.74) is 1.89. The molecule has 1 aliphatic rings. The van der Waals surface area contributed by atoms with E-state index in [1.165, 1.54) is 21.9 Å². The predicted molar refractivity (Wildman–Crippen MR) is 125 cm³/mol. The van der Waals surface area contributed by atoms with Gasteiger partial charge >= 0.3 is 0 Å². The van der Waals surface area contributed by atoms with Crippen LogP contribution in [0.2, 0.25) is 5.02 Å². The number of benzene rings is 2. The molecule has 0 bridgehead atoms. The number of aryl methyl sites for hydroxylation is 1. The fourth-order valence-electron chi connectivity index (χ4n) is 4.23. The van der Waals surface area contributed by atoms with Crippen LogP contribution in [-0.2, 0) is 6.42 Å². The lowest BCUT2D eigenvalue weighted by Gasteiger charge is -2.40. The Kier molecular flexibility index (Phi) is 5.75. The molecule has 1 unspecified atom stereocenters. The molecule has 4 aromatic rings. The largest absolute Gasteiger partial charge is 0.492 e. The second-order valence-electron chi connectivity index (χ2n) is 7.83. The molecule has 0 aliphatic carbocycles. The average Bonchev–Trinajstić information content (AvgIpc) is 3.34. The molecule has 9 heteroatoms. The maximum Gasteiger partial charge on any atom is 0.230 e. The SMILES string of the molecule is CCc1nc2sc(C(c3cccc(F)c3)N3CCN(c4cccc(Cl)c4)CC3)c(O)n2n1. The maximum atomic E-state index is 14.1. The minimum absolute atomic E-state index is 0.0729. The second-order valence-corrected chi connectivity index (χ2v) is 9.27. The molecule has 0 radical (unpaired) electrons. The summed E-state index contributed by atoms with van der Waals surface area (Å²) in [6.07, 6.45) is 0.696. The molecule has 1 N–H and O–H groups in total. The van der Waals surface area contributed by atoms with Gasteiger partial charge in [-0.15, -0.1) is 5.10 Å². The number of aromatic hydroxyl groups is 1. The van der Waals surface area contributed by atoms with Crippen molar-refractivity contribution in [2.45, 2.75) is 19.4 Å². The highest BCUT2D eigenvalue weighted by Gasteiger charge is 2.32. The summed E-state index contributed by atoms with van der Waals surface area (Å²) in [6, 6.07) is 14.2. The van der Waals surface area contributed by atoms with Crippen LogP contribution in [0.5, 0.6) is 5.88 Å². The fourth-order valence-corrected chi connectivity index (χ4v) is 5.55. The maximum absolute atomic E-state index is 14.1. The van der Waals surface area contributed by atoms with E-state index < -0.39 is 0 Å². The van der Waals surface area contributed by atoms with Gasteiger partial charge in [-0.3, -0.25) is 4.90 Å². The second kappa shape index (κ2) is 8.69. The van der Waals surface area contributed by atoms with E-state index in [-0.39, 0.29) is 17.7 Å². The van der Waals surface area contributed by atoms with Crippen molar-refractivity contribution in [2.24, 2.45) is 0 Å². The van der Waals surface area contributed by atoms with Gasteiger partial charge in [-0.05, 0) is 35.9 Å². The van der Waals surface area contributed by atoms with E-state index >= 15 is 0 Å². The van der Waals surface area contributed by atoms with Crippen molar-refractivity contribution in [1.82, 2.24) is 19.5 Å². The average molecular weight is 472 g/mol. The van der Waals surface area contributed by atoms with Gasteiger partial charge in [0.2, 0.25) is 10.8 Å². The first-order valence-electron chi connectivity index (χ1n) is 10.6. The van der Waals surface area contributed by atoms with Gasteiger partial charge in [0.1, 0.15) is 5.82 Å². The number of halogens is 2. The summed E-state index contributed by atoms with van der Waals surface area (Å²) in [5.74, 6) is 0.469. The number of aromatic nitrogens is 3. The Hall–Kier alpha value is -2.68. The zero-order valence-corrected chi connectivity index (χ0v) is 19.2. The van der Waals surface area contributed by atoms with Gasteiger partial charge in [-0.2, -0.15) is 4.52 Å². The third-order valence-corrected chi connectivity index (χ3v) is 7.13. The molecule has 5 rings (SSSR count). The van der Waals surface area contributed by atoms with Crippen molar-refractivity contribution in [2.75, 3.05) is 31.1 Å². The Labute approximate surface area is 194 Å². The van der Waals surface area contributed by atoms with Gasteiger partial charge in [0, 0.05) is 43.3 Å². The minimum Gasteiger partial charge on any atom is -0.492 e. The number of hydrogen-bond donors (Lipinski definition) is 1. The molecule has 3 heterocycles. The first kappa shape index (κ1) is 21.2. The Morgan fingerprint density at radius 2 is 1.91 bits per heavy atom. The number of hydrogen-bond acceptors (Lipinski definition) is 6. The number of fused-ring (bicyclic) bond motifs is 1. The zero-order chi connectivity index (χ0) is 22.2. The lowest BCUT2D eigenvalue weighted by Crippen LogP contribution is -2.47. The minimum atomic E-state index is -0.294. The van der Waals surface area contributed by atoms with Gasteiger partial charge in [-0.25, -0.2) is 9.37 Å². The molecule has 2 aromatic carbocycles. The van der Waals surface area contributed by atoms with E-state index in [1.54, 1.807) is 12.1 Å². The molecule has 166 valence electrons. The summed E-state index contributed by atoms with van der Waals surface area (Å²) in [6.45, 7) is 5.08. The van der Waals surface area contributed by atoms with Crippen LogP contribution in [0.15, 0.2) is 48.5 Å². The number of piperazine rings is 1. The molecule has 1 atom stereocenters. The molecule has 1 aliphatic heterocycles. The van der Waals surface area contributed by atoms with E-state index in [1.807, 2.05) is 31.2 Å². The smallest absolute Gasteiger partial charge is 0.230 e. The molecule has 1 saturated heterocycles. The summed E-state index contributed by atoms with van der Waals surface area (Å²) in [7, 11) is 0. The number of thiazole rings is 1. The van der Waals surface area contributed by atoms with Crippen LogP contribution in [0.4, 0.5) is 10.1 Å². The molecule has 32 heavy (non-hydrogen) atoms. The Bertz CT molecular complexity index is 1250. The monoisotopic (exact) mass is 471 g/mol. The van der Waals surface area contributed by atoms with Crippen LogP contribution in [0, 0.1) is 5.82 Å². The lowest BCUT2D eigenvalue weighted by atomic mass is 10.0. The van der Waals surface area contributed by atoms with Crippen LogP contribution in [0.3, 0.4) is 0 Å².